The van der Waals surface area contributed by atoms with Crippen LogP contribution in [0.1, 0.15) is 5.56 Å². The first-order valence-corrected chi connectivity index (χ1v) is 6.74. The van der Waals surface area contributed by atoms with Crippen molar-refractivity contribution in [2.75, 3.05) is 7.11 Å². The first-order chi connectivity index (χ1) is 10.6. The van der Waals surface area contributed by atoms with Gasteiger partial charge in [-0.25, -0.2) is 0 Å². The third-order valence-corrected chi connectivity index (χ3v) is 3.89. The normalized spacial score (nSPS) is 11.5. The third-order valence-electron chi connectivity index (χ3n) is 3.89. The maximum Gasteiger partial charge on any atom is 0.271 e. The van der Waals surface area contributed by atoms with Crippen molar-refractivity contribution in [2.24, 2.45) is 0 Å². The lowest BCUT2D eigenvalue weighted by Gasteiger charge is -2.01. The van der Waals surface area contributed by atoms with E-state index in [0.29, 0.717) is 33.1 Å². The van der Waals surface area contributed by atoms with Gasteiger partial charge < -0.3 is 9.15 Å². The van der Waals surface area contributed by atoms with Gasteiger partial charge in [-0.3, -0.25) is 19.8 Å². The quantitative estimate of drug-likeness (QED) is 0.564. The van der Waals surface area contributed by atoms with Gasteiger partial charge in [0, 0.05) is 10.8 Å². The molecule has 6 heteroatoms. The minimum atomic E-state index is -0.356. The lowest BCUT2D eigenvalue weighted by atomic mass is 10.0. The highest BCUT2D eigenvalue weighted by molar-refractivity contribution is 6.19. The van der Waals surface area contributed by atoms with E-state index in [1.165, 1.54) is 0 Å². The Kier molecular flexibility index (Phi) is 2.45. The lowest BCUT2D eigenvalue weighted by molar-refractivity contribution is 0.415. The van der Waals surface area contributed by atoms with Crippen molar-refractivity contribution in [2.45, 2.75) is 6.92 Å². The van der Waals surface area contributed by atoms with Crippen molar-refractivity contribution in [1.82, 2.24) is 10.2 Å². The molecule has 0 saturated heterocycles. The van der Waals surface area contributed by atoms with E-state index in [-0.39, 0.29) is 11.1 Å². The fourth-order valence-electron chi connectivity index (χ4n) is 2.88. The predicted octanol–water partition coefficient (Wildman–Crippen LogP) is 2.43. The van der Waals surface area contributed by atoms with E-state index >= 15 is 0 Å². The summed E-state index contributed by atoms with van der Waals surface area (Å²) in [4.78, 5) is 24.3. The number of hydrogen-bond acceptors (Lipinski definition) is 4. The third kappa shape index (κ3) is 1.54. The largest absolute Gasteiger partial charge is 0.497 e. The van der Waals surface area contributed by atoms with Gasteiger partial charge in [-0.15, -0.1) is 0 Å². The van der Waals surface area contributed by atoms with E-state index in [4.69, 9.17) is 9.15 Å². The number of H-pyrrole nitrogens is 2. The maximum absolute atomic E-state index is 12.3. The number of aromatic amines is 2. The zero-order valence-electron chi connectivity index (χ0n) is 11.9. The Balaban J connectivity index is 2.40. The fraction of sp³-hybridized carbons (Fsp3) is 0.125. The summed E-state index contributed by atoms with van der Waals surface area (Å²) in [7, 11) is 1.57. The Morgan fingerprint density at radius 3 is 2.55 bits per heavy atom. The molecule has 0 atom stereocenters. The van der Waals surface area contributed by atoms with Crippen LogP contribution in [0.15, 0.2) is 38.3 Å². The number of methoxy groups -OCH3 is 1. The van der Waals surface area contributed by atoms with E-state index in [1.54, 1.807) is 31.4 Å². The molecule has 0 aliphatic carbocycles. The number of benzene rings is 2. The monoisotopic (exact) mass is 296 g/mol. The van der Waals surface area contributed by atoms with E-state index in [1.807, 2.05) is 6.92 Å². The molecule has 6 nitrogen and oxygen atoms in total. The van der Waals surface area contributed by atoms with E-state index < -0.39 is 0 Å². The summed E-state index contributed by atoms with van der Waals surface area (Å²) in [5.41, 5.74) is 1.36. The molecule has 0 spiro atoms. The van der Waals surface area contributed by atoms with Crippen LogP contribution >= 0.6 is 0 Å². The summed E-state index contributed by atoms with van der Waals surface area (Å²) in [5.74, 6) is 0.658. The van der Waals surface area contributed by atoms with Gasteiger partial charge in [-0.05, 0) is 36.8 Å². The zero-order chi connectivity index (χ0) is 15.4. The summed E-state index contributed by atoms with van der Waals surface area (Å²) in [6.45, 7) is 1.85. The SMILES string of the molecule is COc1ccc2oc3c(C)cc4c(=O)[nH][nH]c(=O)c4c3c2c1. The molecule has 2 aromatic heterocycles. The zero-order valence-corrected chi connectivity index (χ0v) is 11.9. The van der Waals surface area contributed by atoms with Crippen molar-refractivity contribution < 1.29 is 9.15 Å². The second kappa shape index (κ2) is 4.24. The van der Waals surface area contributed by atoms with Crippen LogP contribution in [0.5, 0.6) is 5.75 Å². The molecule has 22 heavy (non-hydrogen) atoms. The molecule has 0 radical (unpaired) electrons. The maximum atomic E-state index is 12.3. The Bertz CT molecular complexity index is 1160. The standard InChI is InChI=1S/C16H12N2O4/c1-7-5-10-13(16(20)18-17-15(10)19)12-9-6-8(21-2)3-4-11(9)22-14(7)12/h3-6H,1-2H3,(H,17,19)(H,18,20). The summed E-state index contributed by atoms with van der Waals surface area (Å²) < 4.78 is 11.1. The number of fused-ring (bicyclic) bond motifs is 5. The van der Waals surface area contributed by atoms with Crippen LogP contribution in [-0.2, 0) is 0 Å². The van der Waals surface area contributed by atoms with Crippen LogP contribution < -0.4 is 15.9 Å². The summed E-state index contributed by atoms with van der Waals surface area (Å²) in [6, 6.07) is 7.06. The molecule has 0 aliphatic heterocycles. The summed E-state index contributed by atoms with van der Waals surface area (Å²) in [5, 5.41) is 6.78. The molecule has 0 amide bonds. The molecule has 2 N–H and O–H groups in total. The fourth-order valence-corrected chi connectivity index (χ4v) is 2.88. The summed E-state index contributed by atoms with van der Waals surface area (Å²) >= 11 is 0. The van der Waals surface area contributed by atoms with Gasteiger partial charge in [0.25, 0.3) is 11.1 Å². The van der Waals surface area contributed by atoms with Crippen LogP contribution in [0, 0.1) is 6.92 Å². The second-order valence-corrected chi connectivity index (χ2v) is 5.19. The Morgan fingerprint density at radius 2 is 1.77 bits per heavy atom. The van der Waals surface area contributed by atoms with Crippen molar-refractivity contribution in [1.29, 1.82) is 0 Å². The molecular formula is C16H12N2O4. The van der Waals surface area contributed by atoms with Crippen molar-refractivity contribution >= 4 is 32.7 Å². The number of furan rings is 1. The van der Waals surface area contributed by atoms with Crippen LogP contribution in [-0.4, -0.2) is 17.3 Å². The first kappa shape index (κ1) is 12.7. The second-order valence-electron chi connectivity index (χ2n) is 5.19. The molecule has 0 aliphatic rings. The predicted molar refractivity (Wildman–Crippen MR) is 83.8 cm³/mol. The number of rotatable bonds is 1. The average molecular weight is 296 g/mol. The van der Waals surface area contributed by atoms with E-state index in [9.17, 15) is 9.59 Å². The molecular weight excluding hydrogens is 284 g/mol. The van der Waals surface area contributed by atoms with Crippen molar-refractivity contribution in [3.8, 4) is 5.75 Å². The van der Waals surface area contributed by atoms with Gasteiger partial charge in [0.1, 0.15) is 16.9 Å². The van der Waals surface area contributed by atoms with Gasteiger partial charge in [-0.1, -0.05) is 0 Å². The van der Waals surface area contributed by atoms with Crippen molar-refractivity contribution in [3.63, 3.8) is 0 Å². The number of ether oxygens (including phenoxy) is 1. The Morgan fingerprint density at radius 1 is 1.00 bits per heavy atom. The molecule has 0 fully saturated rings. The Hall–Kier alpha value is -3.02. The molecule has 2 aromatic carbocycles. The number of hydrogen-bond donors (Lipinski definition) is 2. The molecule has 110 valence electrons. The van der Waals surface area contributed by atoms with Crippen LogP contribution in [0.4, 0.5) is 0 Å². The first-order valence-electron chi connectivity index (χ1n) is 6.74. The molecule has 0 unspecified atom stereocenters. The van der Waals surface area contributed by atoms with E-state index in [2.05, 4.69) is 10.2 Å². The van der Waals surface area contributed by atoms with Gasteiger partial charge >= 0.3 is 0 Å². The lowest BCUT2D eigenvalue weighted by Crippen LogP contribution is -2.19. The highest BCUT2D eigenvalue weighted by Crippen LogP contribution is 2.36. The summed E-state index contributed by atoms with van der Waals surface area (Å²) in [6.07, 6.45) is 0. The number of aryl methyl sites for hydroxylation is 1. The highest BCUT2D eigenvalue weighted by Gasteiger charge is 2.17. The molecule has 2 heterocycles. The number of aromatic nitrogens is 2. The van der Waals surface area contributed by atoms with Crippen LogP contribution in [0.3, 0.4) is 0 Å². The average Bonchev–Trinajstić information content (AvgIpc) is 2.90. The van der Waals surface area contributed by atoms with Gasteiger partial charge in [-0.2, -0.15) is 0 Å². The minimum absolute atomic E-state index is 0.330. The molecule has 0 saturated carbocycles. The highest BCUT2D eigenvalue weighted by atomic mass is 16.5. The topological polar surface area (TPSA) is 88.1 Å². The van der Waals surface area contributed by atoms with E-state index in [0.717, 1.165) is 10.9 Å². The van der Waals surface area contributed by atoms with Crippen LogP contribution in [0.2, 0.25) is 0 Å². The van der Waals surface area contributed by atoms with Crippen molar-refractivity contribution in [3.05, 3.63) is 50.5 Å². The minimum Gasteiger partial charge on any atom is -0.497 e. The van der Waals surface area contributed by atoms with Crippen LogP contribution in [0.25, 0.3) is 32.7 Å². The molecule has 4 rings (SSSR count). The molecule has 0 bridgehead atoms. The van der Waals surface area contributed by atoms with Gasteiger partial charge in [0.15, 0.2) is 0 Å². The van der Waals surface area contributed by atoms with Gasteiger partial charge in [0.05, 0.1) is 17.9 Å². The Labute approximate surface area is 123 Å². The smallest absolute Gasteiger partial charge is 0.271 e. The van der Waals surface area contributed by atoms with Gasteiger partial charge in [0.2, 0.25) is 0 Å². The molecule has 4 aromatic rings. The number of nitrogens with one attached hydrogen (secondary N) is 2.